The molecule has 0 aliphatic carbocycles. The van der Waals surface area contributed by atoms with Gasteiger partial charge in [-0.25, -0.2) is 9.97 Å². The minimum atomic E-state index is 0.255. The predicted octanol–water partition coefficient (Wildman–Crippen LogP) is 1.72. The zero-order valence-electron chi connectivity index (χ0n) is 14.7. The van der Waals surface area contributed by atoms with E-state index in [4.69, 9.17) is 15.0 Å². The standard InChI is InChI=1S/C17H16N8O2/c1-25-8-12(14(23-25)10-3-5-19-6-4-10)17-22-16(24-27-17)11-7-20-13(9-26-2)21-15(11)18/h3-8H,9H2,1-2H3,(H2,18,20,21). The molecule has 0 bridgehead atoms. The van der Waals surface area contributed by atoms with Crippen LogP contribution < -0.4 is 5.73 Å². The second kappa shape index (κ2) is 6.92. The van der Waals surface area contributed by atoms with Crippen LogP contribution in [0.25, 0.3) is 34.1 Å². The molecule has 10 heteroatoms. The quantitative estimate of drug-likeness (QED) is 0.562. The lowest BCUT2D eigenvalue weighted by molar-refractivity contribution is 0.178. The van der Waals surface area contributed by atoms with E-state index < -0.39 is 0 Å². The summed E-state index contributed by atoms with van der Waals surface area (Å²) in [6.07, 6.45) is 6.77. The topological polar surface area (TPSA) is 131 Å². The van der Waals surface area contributed by atoms with Crippen LogP contribution in [-0.2, 0) is 18.4 Å². The van der Waals surface area contributed by atoms with Crippen LogP contribution in [0.1, 0.15) is 5.82 Å². The van der Waals surface area contributed by atoms with E-state index in [1.807, 2.05) is 25.4 Å². The molecule has 0 aliphatic heterocycles. The maximum Gasteiger partial charge on any atom is 0.262 e. The maximum atomic E-state index is 6.00. The zero-order chi connectivity index (χ0) is 18.8. The predicted molar refractivity (Wildman–Crippen MR) is 95.9 cm³/mol. The normalized spacial score (nSPS) is 11.0. The number of nitrogens with two attached hydrogens (primary N) is 1. The molecule has 4 heterocycles. The average molecular weight is 364 g/mol. The van der Waals surface area contributed by atoms with Crippen molar-refractivity contribution in [3.05, 3.63) is 42.7 Å². The molecule has 0 fully saturated rings. The van der Waals surface area contributed by atoms with Crippen molar-refractivity contribution in [1.29, 1.82) is 0 Å². The van der Waals surface area contributed by atoms with E-state index in [0.717, 1.165) is 11.3 Å². The van der Waals surface area contributed by atoms with Crippen LogP contribution in [0, 0.1) is 0 Å². The Morgan fingerprint density at radius 3 is 2.74 bits per heavy atom. The fourth-order valence-electron chi connectivity index (χ4n) is 2.61. The first-order valence-corrected chi connectivity index (χ1v) is 8.04. The monoisotopic (exact) mass is 364 g/mol. The van der Waals surface area contributed by atoms with Crippen molar-refractivity contribution in [2.45, 2.75) is 6.61 Å². The van der Waals surface area contributed by atoms with E-state index in [9.17, 15) is 0 Å². The Morgan fingerprint density at radius 1 is 1.19 bits per heavy atom. The highest BCUT2D eigenvalue weighted by molar-refractivity contribution is 5.77. The van der Waals surface area contributed by atoms with E-state index in [-0.39, 0.29) is 12.4 Å². The number of methoxy groups -OCH3 is 1. The summed E-state index contributed by atoms with van der Waals surface area (Å²) < 4.78 is 12.1. The minimum Gasteiger partial charge on any atom is -0.383 e. The highest BCUT2D eigenvalue weighted by atomic mass is 16.5. The van der Waals surface area contributed by atoms with E-state index in [1.54, 1.807) is 30.4 Å². The fraction of sp³-hybridized carbons (Fsp3) is 0.176. The van der Waals surface area contributed by atoms with E-state index in [2.05, 4.69) is 30.2 Å². The van der Waals surface area contributed by atoms with Gasteiger partial charge in [0.2, 0.25) is 5.82 Å². The molecule has 4 aromatic heterocycles. The Hall–Kier alpha value is -3.66. The van der Waals surface area contributed by atoms with Crippen LogP contribution in [0.2, 0.25) is 0 Å². The lowest BCUT2D eigenvalue weighted by Gasteiger charge is -2.02. The number of nitrogens with zero attached hydrogens (tertiary/aromatic N) is 7. The van der Waals surface area contributed by atoms with Crippen LogP contribution in [0.4, 0.5) is 5.82 Å². The summed E-state index contributed by atoms with van der Waals surface area (Å²) >= 11 is 0. The Kier molecular flexibility index (Phi) is 4.30. The molecule has 136 valence electrons. The number of pyridine rings is 1. The maximum absolute atomic E-state index is 6.00. The summed E-state index contributed by atoms with van der Waals surface area (Å²) in [5, 5.41) is 8.50. The number of nitrogen functional groups attached to an aromatic ring is 1. The number of rotatable bonds is 5. The van der Waals surface area contributed by atoms with Crippen LogP contribution in [-0.4, -0.2) is 42.0 Å². The third-order valence-corrected chi connectivity index (χ3v) is 3.82. The summed E-state index contributed by atoms with van der Waals surface area (Å²) in [7, 11) is 3.39. The van der Waals surface area contributed by atoms with E-state index in [0.29, 0.717) is 28.7 Å². The van der Waals surface area contributed by atoms with Crippen molar-refractivity contribution in [2.24, 2.45) is 7.05 Å². The number of hydrogen-bond donors (Lipinski definition) is 1. The number of hydrogen-bond acceptors (Lipinski definition) is 9. The highest BCUT2D eigenvalue weighted by Crippen LogP contribution is 2.31. The summed E-state index contributed by atoms with van der Waals surface area (Å²) in [5.74, 6) is 1.36. The van der Waals surface area contributed by atoms with Gasteiger partial charge in [-0.3, -0.25) is 9.67 Å². The van der Waals surface area contributed by atoms with Gasteiger partial charge in [0.05, 0.1) is 11.1 Å². The van der Waals surface area contributed by atoms with Crippen LogP contribution >= 0.6 is 0 Å². The van der Waals surface area contributed by atoms with Crippen molar-refractivity contribution < 1.29 is 9.26 Å². The van der Waals surface area contributed by atoms with Gasteiger partial charge in [0.15, 0.2) is 5.82 Å². The summed E-state index contributed by atoms with van der Waals surface area (Å²) in [5.41, 5.74) is 8.81. The molecule has 0 saturated carbocycles. The molecule has 4 aromatic rings. The molecule has 0 aromatic carbocycles. The Balaban J connectivity index is 1.72. The zero-order valence-corrected chi connectivity index (χ0v) is 14.7. The van der Waals surface area contributed by atoms with Crippen molar-refractivity contribution >= 4 is 5.82 Å². The Morgan fingerprint density at radius 2 is 2.00 bits per heavy atom. The molecule has 27 heavy (non-hydrogen) atoms. The molecule has 0 atom stereocenters. The van der Waals surface area contributed by atoms with Gasteiger partial charge in [0.1, 0.15) is 18.1 Å². The third kappa shape index (κ3) is 3.25. The first kappa shape index (κ1) is 16.8. The van der Waals surface area contributed by atoms with Crippen LogP contribution in [0.3, 0.4) is 0 Å². The van der Waals surface area contributed by atoms with Crippen molar-refractivity contribution in [1.82, 2.24) is 34.9 Å². The number of ether oxygens (including phenoxy) is 1. The molecule has 0 aliphatic rings. The van der Waals surface area contributed by atoms with Crippen LogP contribution in [0.15, 0.2) is 41.4 Å². The van der Waals surface area contributed by atoms with Gasteiger partial charge in [-0.15, -0.1) is 0 Å². The minimum absolute atomic E-state index is 0.255. The first-order chi connectivity index (χ1) is 13.2. The Bertz CT molecular complexity index is 1070. The van der Waals surface area contributed by atoms with Gasteiger partial charge in [-0.2, -0.15) is 10.1 Å². The smallest absolute Gasteiger partial charge is 0.262 e. The van der Waals surface area contributed by atoms with Crippen molar-refractivity contribution in [2.75, 3.05) is 12.8 Å². The van der Waals surface area contributed by atoms with Gasteiger partial charge < -0.3 is 15.0 Å². The molecular formula is C17H16N8O2. The highest BCUT2D eigenvalue weighted by Gasteiger charge is 2.20. The molecule has 0 unspecified atom stereocenters. The molecule has 4 rings (SSSR count). The number of anilines is 1. The van der Waals surface area contributed by atoms with Crippen molar-refractivity contribution in [3.63, 3.8) is 0 Å². The SMILES string of the molecule is COCc1ncc(-c2noc(-c3cn(C)nc3-c3ccncc3)n2)c(N)n1. The summed E-state index contributed by atoms with van der Waals surface area (Å²) in [6, 6.07) is 3.73. The van der Waals surface area contributed by atoms with Crippen LogP contribution in [0.5, 0.6) is 0 Å². The molecule has 0 saturated heterocycles. The van der Waals surface area contributed by atoms with Gasteiger partial charge in [-0.05, 0) is 12.1 Å². The van der Waals surface area contributed by atoms with E-state index in [1.165, 1.54) is 0 Å². The molecule has 0 spiro atoms. The fourth-order valence-corrected chi connectivity index (χ4v) is 2.61. The number of aryl methyl sites for hydroxylation is 1. The molecule has 0 amide bonds. The van der Waals surface area contributed by atoms with Gasteiger partial charge in [-0.1, -0.05) is 5.16 Å². The van der Waals surface area contributed by atoms with Gasteiger partial charge in [0.25, 0.3) is 5.89 Å². The van der Waals surface area contributed by atoms with Gasteiger partial charge in [0, 0.05) is 44.5 Å². The molecule has 2 N–H and O–H groups in total. The number of aromatic nitrogens is 7. The van der Waals surface area contributed by atoms with E-state index >= 15 is 0 Å². The lowest BCUT2D eigenvalue weighted by Crippen LogP contribution is -2.03. The molecule has 0 radical (unpaired) electrons. The molecule has 10 nitrogen and oxygen atoms in total. The molecular weight excluding hydrogens is 348 g/mol. The average Bonchev–Trinajstić information content (AvgIpc) is 3.29. The van der Waals surface area contributed by atoms with Gasteiger partial charge >= 0.3 is 0 Å². The van der Waals surface area contributed by atoms with Crippen molar-refractivity contribution in [3.8, 4) is 34.1 Å². The largest absolute Gasteiger partial charge is 0.383 e. The second-order valence-electron chi connectivity index (χ2n) is 5.74. The second-order valence-corrected chi connectivity index (χ2v) is 5.74. The Labute approximate surface area is 154 Å². The third-order valence-electron chi connectivity index (χ3n) is 3.82. The first-order valence-electron chi connectivity index (χ1n) is 8.04. The summed E-state index contributed by atoms with van der Waals surface area (Å²) in [6.45, 7) is 0.271. The summed E-state index contributed by atoms with van der Waals surface area (Å²) in [4.78, 5) is 16.9. The lowest BCUT2D eigenvalue weighted by atomic mass is 10.1.